The van der Waals surface area contributed by atoms with Gasteiger partial charge in [0.15, 0.2) is 0 Å². The van der Waals surface area contributed by atoms with E-state index in [1.807, 2.05) is 24.3 Å². The van der Waals surface area contributed by atoms with E-state index in [0.29, 0.717) is 5.75 Å². The van der Waals surface area contributed by atoms with E-state index in [9.17, 15) is 9.59 Å². The van der Waals surface area contributed by atoms with Gasteiger partial charge in [-0.2, -0.15) is 11.8 Å². The van der Waals surface area contributed by atoms with Crippen molar-refractivity contribution in [3.8, 4) is 0 Å². The molecular formula is C12H14BrNO3S. The van der Waals surface area contributed by atoms with Gasteiger partial charge in [-0.05, 0) is 17.7 Å². The van der Waals surface area contributed by atoms with Crippen LogP contribution in [-0.4, -0.2) is 28.8 Å². The van der Waals surface area contributed by atoms with Gasteiger partial charge >= 0.3 is 5.97 Å². The van der Waals surface area contributed by atoms with Gasteiger partial charge < -0.3 is 10.4 Å². The first-order valence-corrected chi connectivity index (χ1v) is 7.26. The molecule has 0 spiro atoms. The molecule has 0 fully saturated rings. The molecule has 0 aliphatic carbocycles. The fourth-order valence-electron chi connectivity index (χ4n) is 1.30. The highest BCUT2D eigenvalue weighted by molar-refractivity contribution is 9.10. The number of aliphatic carboxylic acids is 1. The second-order valence-electron chi connectivity index (χ2n) is 3.73. The van der Waals surface area contributed by atoms with Crippen molar-refractivity contribution < 1.29 is 14.7 Å². The first-order valence-electron chi connectivity index (χ1n) is 5.31. The first-order chi connectivity index (χ1) is 8.49. The fourth-order valence-corrected chi connectivity index (χ4v) is 2.57. The van der Waals surface area contributed by atoms with Gasteiger partial charge in [-0.1, -0.05) is 28.1 Å². The molecule has 0 bridgehead atoms. The molecule has 6 heteroatoms. The van der Waals surface area contributed by atoms with Crippen LogP contribution in [0.15, 0.2) is 28.7 Å². The zero-order chi connectivity index (χ0) is 13.5. The van der Waals surface area contributed by atoms with Gasteiger partial charge in [-0.3, -0.25) is 4.79 Å². The predicted molar refractivity (Wildman–Crippen MR) is 75.5 cm³/mol. The Labute approximate surface area is 118 Å². The van der Waals surface area contributed by atoms with Gasteiger partial charge in [0.05, 0.1) is 0 Å². The van der Waals surface area contributed by atoms with E-state index < -0.39 is 12.0 Å². The highest BCUT2D eigenvalue weighted by Crippen LogP contribution is 2.16. The zero-order valence-electron chi connectivity index (χ0n) is 9.85. The summed E-state index contributed by atoms with van der Waals surface area (Å²) in [6.07, 6.45) is 0. The number of carbonyl (C=O) groups is 2. The van der Waals surface area contributed by atoms with Crippen molar-refractivity contribution in [2.24, 2.45) is 0 Å². The van der Waals surface area contributed by atoms with E-state index in [0.717, 1.165) is 15.8 Å². The van der Waals surface area contributed by atoms with Crippen molar-refractivity contribution >= 4 is 39.6 Å². The van der Waals surface area contributed by atoms with Crippen LogP contribution < -0.4 is 5.32 Å². The molecule has 2 N–H and O–H groups in total. The average molecular weight is 332 g/mol. The molecule has 18 heavy (non-hydrogen) atoms. The minimum absolute atomic E-state index is 0.327. The molecule has 0 aliphatic rings. The van der Waals surface area contributed by atoms with Gasteiger partial charge in [-0.15, -0.1) is 0 Å². The molecule has 0 aromatic heterocycles. The number of benzene rings is 1. The van der Waals surface area contributed by atoms with Crippen molar-refractivity contribution in [1.29, 1.82) is 0 Å². The third-order valence-electron chi connectivity index (χ3n) is 2.14. The summed E-state index contributed by atoms with van der Waals surface area (Å²) in [5.74, 6) is -0.262. The SMILES string of the molecule is CC(=O)N[C@@H](CSCc1ccc(Br)cc1)C(=O)O. The maximum absolute atomic E-state index is 10.9. The lowest BCUT2D eigenvalue weighted by Gasteiger charge is -2.12. The summed E-state index contributed by atoms with van der Waals surface area (Å²) in [5, 5.41) is 11.3. The normalized spacial score (nSPS) is 11.9. The van der Waals surface area contributed by atoms with E-state index in [-0.39, 0.29) is 5.91 Å². The topological polar surface area (TPSA) is 66.4 Å². The molecule has 1 amide bonds. The summed E-state index contributed by atoms with van der Waals surface area (Å²) in [7, 11) is 0. The highest BCUT2D eigenvalue weighted by Gasteiger charge is 2.17. The number of carboxylic acids is 1. The van der Waals surface area contributed by atoms with Crippen LogP contribution in [0.25, 0.3) is 0 Å². The quantitative estimate of drug-likeness (QED) is 0.839. The summed E-state index contributed by atoms with van der Waals surface area (Å²) in [6, 6.07) is 7.01. The number of rotatable bonds is 6. The molecule has 0 saturated heterocycles. The molecular weight excluding hydrogens is 318 g/mol. The Morgan fingerprint density at radius 2 is 2.00 bits per heavy atom. The lowest BCUT2D eigenvalue weighted by Crippen LogP contribution is -2.41. The minimum Gasteiger partial charge on any atom is -0.480 e. The van der Waals surface area contributed by atoms with Gasteiger partial charge in [-0.25, -0.2) is 4.79 Å². The number of hydrogen-bond donors (Lipinski definition) is 2. The second kappa shape index (κ2) is 7.43. The number of hydrogen-bond acceptors (Lipinski definition) is 3. The monoisotopic (exact) mass is 331 g/mol. The Kier molecular flexibility index (Phi) is 6.21. The Morgan fingerprint density at radius 1 is 1.39 bits per heavy atom. The van der Waals surface area contributed by atoms with Crippen LogP contribution in [0.4, 0.5) is 0 Å². The lowest BCUT2D eigenvalue weighted by atomic mass is 10.2. The van der Waals surface area contributed by atoms with E-state index >= 15 is 0 Å². The van der Waals surface area contributed by atoms with Crippen LogP contribution in [0.1, 0.15) is 12.5 Å². The van der Waals surface area contributed by atoms with Crippen LogP contribution in [0, 0.1) is 0 Å². The third-order valence-corrected chi connectivity index (χ3v) is 3.78. The summed E-state index contributed by atoms with van der Waals surface area (Å²) in [5.41, 5.74) is 1.12. The van der Waals surface area contributed by atoms with Gasteiger partial charge in [0.25, 0.3) is 0 Å². The minimum atomic E-state index is -1.01. The number of carboxylic acid groups (broad SMARTS) is 1. The zero-order valence-corrected chi connectivity index (χ0v) is 12.3. The van der Waals surface area contributed by atoms with Gasteiger partial charge in [0, 0.05) is 22.9 Å². The standard InChI is InChI=1S/C12H14BrNO3S/c1-8(15)14-11(12(16)17)7-18-6-9-2-4-10(13)5-3-9/h2-5,11H,6-7H2,1H3,(H,14,15)(H,16,17)/t11-/m0/s1. The predicted octanol–water partition coefficient (Wildman–Crippen LogP) is 2.27. The smallest absolute Gasteiger partial charge is 0.327 e. The van der Waals surface area contributed by atoms with Crippen LogP contribution in [-0.2, 0) is 15.3 Å². The summed E-state index contributed by atoms with van der Waals surface area (Å²) in [4.78, 5) is 21.7. The van der Waals surface area contributed by atoms with E-state index in [4.69, 9.17) is 5.11 Å². The van der Waals surface area contributed by atoms with Crippen LogP contribution >= 0.6 is 27.7 Å². The average Bonchev–Trinajstić information content (AvgIpc) is 2.29. The maximum Gasteiger partial charge on any atom is 0.327 e. The molecule has 98 valence electrons. The first kappa shape index (κ1) is 15.0. The Morgan fingerprint density at radius 3 is 2.50 bits per heavy atom. The van der Waals surface area contributed by atoms with Crippen molar-refractivity contribution in [1.82, 2.24) is 5.32 Å². The highest BCUT2D eigenvalue weighted by atomic mass is 79.9. The second-order valence-corrected chi connectivity index (χ2v) is 5.68. The Balaban J connectivity index is 2.41. The van der Waals surface area contributed by atoms with Crippen LogP contribution in [0.2, 0.25) is 0 Å². The van der Waals surface area contributed by atoms with Crippen LogP contribution in [0.5, 0.6) is 0 Å². The molecule has 1 rings (SSSR count). The van der Waals surface area contributed by atoms with Crippen LogP contribution in [0.3, 0.4) is 0 Å². The molecule has 1 aromatic carbocycles. The molecule has 0 aliphatic heterocycles. The van der Waals surface area contributed by atoms with Crippen molar-refractivity contribution in [2.75, 3.05) is 5.75 Å². The largest absolute Gasteiger partial charge is 0.480 e. The van der Waals surface area contributed by atoms with Crippen molar-refractivity contribution in [2.45, 2.75) is 18.7 Å². The van der Waals surface area contributed by atoms with E-state index in [1.165, 1.54) is 18.7 Å². The fraction of sp³-hybridized carbons (Fsp3) is 0.333. The maximum atomic E-state index is 10.9. The number of nitrogens with one attached hydrogen (secondary N) is 1. The summed E-state index contributed by atoms with van der Waals surface area (Å²) in [6.45, 7) is 1.31. The molecule has 0 unspecified atom stereocenters. The number of halogens is 1. The number of amides is 1. The number of thioether (sulfide) groups is 1. The Hall–Kier alpha value is -1.01. The molecule has 1 aromatic rings. The molecule has 4 nitrogen and oxygen atoms in total. The Bertz CT molecular complexity index is 422. The van der Waals surface area contributed by atoms with Gasteiger partial charge in [0.1, 0.15) is 6.04 Å². The van der Waals surface area contributed by atoms with Crippen molar-refractivity contribution in [3.05, 3.63) is 34.3 Å². The lowest BCUT2D eigenvalue weighted by molar-refractivity contribution is -0.140. The van der Waals surface area contributed by atoms with E-state index in [1.54, 1.807) is 0 Å². The van der Waals surface area contributed by atoms with Crippen molar-refractivity contribution in [3.63, 3.8) is 0 Å². The summed E-state index contributed by atoms with van der Waals surface area (Å²) < 4.78 is 1.01. The molecule has 0 heterocycles. The summed E-state index contributed by atoms with van der Waals surface area (Å²) >= 11 is 4.83. The molecule has 0 saturated carbocycles. The number of carbonyl (C=O) groups excluding carboxylic acids is 1. The van der Waals surface area contributed by atoms with E-state index in [2.05, 4.69) is 21.2 Å². The molecule has 1 atom stereocenters. The third kappa shape index (κ3) is 5.55. The molecule has 0 radical (unpaired) electrons. The van der Waals surface area contributed by atoms with Gasteiger partial charge in [0.2, 0.25) is 5.91 Å².